The highest BCUT2D eigenvalue weighted by molar-refractivity contribution is 4.97. The first kappa shape index (κ1) is 5.65. The lowest BCUT2D eigenvalue weighted by atomic mass is 10.1. The number of hydrogen-bond acceptors (Lipinski definition) is 3. The monoisotopic (exact) mass is 127 g/mol. The van der Waals surface area contributed by atoms with Gasteiger partial charge in [-0.3, -0.25) is 5.32 Å². The maximum absolute atomic E-state index is 5.67. The van der Waals surface area contributed by atoms with Gasteiger partial charge in [-0.15, -0.1) is 0 Å². The van der Waals surface area contributed by atoms with Crippen LogP contribution < -0.4 is 16.4 Å². The van der Waals surface area contributed by atoms with E-state index in [2.05, 4.69) is 10.6 Å². The van der Waals surface area contributed by atoms with Gasteiger partial charge in [0.05, 0.1) is 6.17 Å². The van der Waals surface area contributed by atoms with E-state index in [-0.39, 0.29) is 6.17 Å². The first-order valence-corrected chi connectivity index (χ1v) is 3.61. The molecule has 2 heterocycles. The molecule has 2 aliphatic rings. The van der Waals surface area contributed by atoms with Gasteiger partial charge in [-0.1, -0.05) is 0 Å². The smallest absolute Gasteiger partial charge is 0.0564 e. The van der Waals surface area contributed by atoms with Gasteiger partial charge < -0.3 is 11.1 Å². The predicted octanol–water partition coefficient (Wildman–Crippen LogP) is -1.00. The van der Waals surface area contributed by atoms with Crippen molar-refractivity contribution < 1.29 is 0 Å². The van der Waals surface area contributed by atoms with Gasteiger partial charge in [0.2, 0.25) is 0 Å². The minimum absolute atomic E-state index is 0.243. The fourth-order valence-electron chi connectivity index (χ4n) is 1.83. The molecule has 0 amide bonds. The zero-order valence-electron chi connectivity index (χ0n) is 5.43. The van der Waals surface area contributed by atoms with E-state index in [4.69, 9.17) is 5.73 Å². The molecule has 0 spiro atoms. The first-order valence-electron chi connectivity index (χ1n) is 3.61. The molecule has 0 saturated carbocycles. The molecule has 52 valence electrons. The second-order valence-electron chi connectivity index (χ2n) is 2.96. The third kappa shape index (κ3) is 0.852. The molecule has 0 aromatic heterocycles. The molecular formula is C6H13N3. The van der Waals surface area contributed by atoms with Crippen LogP contribution in [0, 0.1) is 0 Å². The molecule has 9 heavy (non-hydrogen) atoms. The molecule has 3 nitrogen and oxygen atoms in total. The minimum atomic E-state index is 0.243. The van der Waals surface area contributed by atoms with Crippen LogP contribution in [-0.2, 0) is 0 Å². The van der Waals surface area contributed by atoms with E-state index >= 15 is 0 Å². The van der Waals surface area contributed by atoms with Crippen LogP contribution >= 0.6 is 0 Å². The molecule has 2 rings (SSSR count). The third-order valence-corrected chi connectivity index (χ3v) is 2.28. The maximum atomic E-state index is 5.67. The zero-order chi connectivity index (χ0) is 6.27. The molecule has 3 unspecified atom stereocenters. The maximum Gasteiger partial charge on any atom is 0.0564 e. The SMILES string of the molecule is NC1CC2NCCC2N1. The normalized spacial score (nSPS) is 49.7. The van der Waals surface area contributed by atoms with Crippen molar-refractivity contribution in [2.24, 2.45) is 5.73 Å². The Morgan fingerprint density at radius 1 is 1.33 bits per heavy atom. The molecule has 2 fully saturated rings. The summed E-state index contributed by atoms with van der Waals surface area (Å²) in [6.45, 7) is 1.16. The Kier molecular flexibility index (Phi) is 1.22. The molecule has 0 bridgehead atoms. The van der Waals surface area contributed by atoms with Gasteiger partial charge in [0.1, 0.15) is 0 Å². The second-order valence-corrected chi connectivity index (χ2v) is 2.96. The number of nitrogens with two attached hydrogens (primary N) is 1. The first-order chi connectivity index (χ1) is 4.36. The van der Waals surface area contributed by atoms with Gasteiger partial charge in [0, 0.05) is 12.1 Å². The van der Waals surface area contributed by atoms with Crippen LogP contribution in [0.4, 0.5) is 0 Å². The summed E-state index contributed by atoms with van der Waals surface area (Å²) in [6.07, 6.45) is 2.59. The van der Waals surface area contributed by atoms with E-state index in [0.29, 0.717) is 12.1 Å². The van der Waals surface area contributed by atoms with Gasteiger partial charge >= 0.3 is 0 Å². The Hall–Kier alpha value is -0.120. The molecule has 0 aromatic carbocycles. The van der Waals surface area contributed by atoms with Crippen molar-refractivity contribution in [2.45, 2.75) is 31.1 Å². The Bertz CT molecular complexity index is 103. The van der Waals surface area contributed by atoms with Crippen LogP contribution in [0.5, 0.6) is 0 Å². The van der Waals surface area contributed by atoms with Crippen LogP contribution in [0.1, 0.15) is 12.8 Å². The summed E-state index contributed by atoms with van der Waals surface area (Å²) >= 11 is 0. The fraction of sp³-hybridized carbons (Fsp3) is 1.00. The summed E-state index contributed by atoms with van der Waals surface area (Å²) in [5, 5.41) is 6.74. The summed E-state index contributed by atoms with van der Waals surface area (Å²) in [5.74, 6) is 0. The van der Waals surface area contributed by atoms with Crippen molar-refractivity contribution >= 4 is 0 Å². The Morgan fingerprint density at radius 2 is 2.22 bits per heavy atom. The lowest BCUT2D eigenvalue weighted by Gasteiger charge is -2.05. The van der Waals surface area contributed by atoms with Gasteiger partial charge in [0.25, 0.3) is 0 Å². The van der Waals surface area contributed by atoms with Crippen molar-refractivity contribution in [3.05, 3.63) is 0 Å². The zero-order valence-corrected chi connectivity index (χ0v) is 5.43. The van der Waals surface area contributed by atoms with Crippen molar-refractivity contribution in [1.29, 1.82) is 0 Å². The van der Waals surface area contributed by atoms with Gasteiger partial charge in [-0.2, -0.15) is 0 Å². The number of nitrogens with one attached hydrogen (secondary N) is 2. The average Bonchev–Trinajstić information content (AvgIpc) is 2.22. The summed E-state index contributed by atoms with van der Waals surface area (Å²) in [7, 11) is 0. The van der Waals surface area contributed by atoms with Crippen molar-refractivity contribution in [3.8, 4) is 0 Å². The largest absolute Gasteiger partial charge is 0.316 e. The van der Waals surface area contributed by atoms with E-state index in [1.54, 1.807) is 0 Å². The fourth-order valence-corrected chi connectivity index (χ4v) is 1.83. The molecule has 4 N–H and O–H groups in total. The molecule has 0 aliphatic carbocycles. The molecule has 3 heteroatoms. The lowest BCUT2D eigenvalue weighted by Crippen LogP contribution is -2.36. The van der Waals surface area contributed by atoms with Crippen LogP contribution in [0.15, 0.2) is 0 Å². The Balaban J connectivity index is 2.02. The Labute approximate surface area is 55.0 Å². The minimum Gasteiger partial charge on any atom is -0.316 e. The second kappa shape index (κ2) is 1.94. The molecule has 0 aromatic rings. The van der Waals surface area contributed by atoms with Crippen molar-refractivity contribution in [2.75, 3.05) is 6.54 Å². The summed E-state index contributed by atoms with van der Waals surface area (Å²) in [6, 6.07) is 1.33. The van der Waals surface area contributed by atoms with Crippen molar-refractivity contribution in [1.82, 2.24) is 10.6 Å². The summed E-state index contributed by atoms with van der Waals surface area (Å²) < 4.78 is 0. The van der Waals surface area contributed by atoms with E-state index in [9.17, 15) is 0 Å². The van der Waals surface area contributed by atoms with Gasteiger partial charge in [-0.25, -0.2) is 0 Å². The Morgan fingerprint density at radius 3 is 3.00 bits per heavy atom. The summed E-state index contributed by atoms with van der Waals surface area (Å²) in [5.41, 5.74) is 5.67. The standard InChI is InChI=1S/C6H13N3/c7-6-3-5-4(9-6)1-2-8-5/h4-6,8-9H,1-3,7H2. The van der Waals surface area contributed by atoms with E-state index in [1.807, 2.05) is 0 Å². The number of fused-ring (bicyclic) bond motifs is 1. The molecule has 3 atom stereocenters. The van der Waals surface area contributed by atoms with Crippen LogP contribution in [0.2, 0.25) is 0 Å². The van der Waals surface area contributed by atoms with Crippen LogP contribution in [0.3, 0.4) is 0 Å². The predicted molar refractivity (Wildman–Crippen MR) is 35.9 cm³/mol. The number of hydrogen-bond donors (Lipinski definition) is 3. The molecule has 2 saturated heterocycles. The van der Waals surface area contributed by atoms with E-state index in [1.165, 1.54) is 6.42 Å². The average molecular weight is 127 g/mol. The van der Waals surface area contributed by atoms with E-state index < -0.39 is 0 Å². The van der Waals surface area contributed by atoms with Crippen LogP contribution in [-0.4, -0.2) is 24.8 Å². The topological polar surface area (TPSA) is 50.1 Å². The lowest BCUT2D eigenvalue weighted by molar-refractivity contribution is 0.549. The quantitative estimate of drug-likeness (QED) is 0.391. The highest BCUT2D eigenvalue weighted by Gasteiger charge is 2.34. The summed E-state index contributed by atoms with van der Waals surface area (Å²) in [4.78, 5) is 0. The van der Waals surface area contributed by atoms with Crippen LogP contribution in [0.25, 0.3) is 0 Å². The molecule has 0 radical (unpaired) electrons. The highest BCUT2D eigenvalue weighted by atomic mass is 15.2. The third-order valence-electron chi connectivity index (χ3n) is 2.28. The molecular weight excluding hydrogens is 114 g/mol. The van der Waals surface area contributed by atoms with Crippen molar-refractivity contribution in [3.63, 3.8) is 0 Å². The van der Waals surface area contributed by atoms with Gasteiger partial charge in [-0.05, 0) is 19.4 Å². The van der Waals surface area contributed by atoms with E-state index in [0.717, 1.165) is 13.0 Å². The highest BCUT2D eigenvalue weighted by Crippen LogP contribution is 2.17. The molecule has 2 aliphatic heterocycles. The number of rotatable bonds is 0. The van der Waals surface area contributed by atoms with Gasteiger partial charge in [0.15, 0.2) is 0 Å².